The molecular formula is C12H20ClN3O. The summed E-state index contributed by atoms with van der Waals surface area (Å²) in [4.78, 5) is 15.5. The van der Waals surface area contributed by atoms with Gasteiger partial charge in [-0.05, 0) is 30.0 Å². The Labute approximate surface area is 108 Å². The highest BCUT2D eigenvalue weighted by Gasteiger charge is 2.15. The highest BCUT2D eigenvalue weighted by Crippen LogP contribution is 1.99. The number of carbonyl (C=O) groups is 1. The molecule has 0 saturated heterocycles. The first-order valence-corrected chi connectivity index (χ1v) is 5.53. The lowest BCUT2D eigenvalue weighted by atomic mass is 10.1. The van der Waals surface area contributed by atoms with Gasteiger partial charge in [-0.15, -0.1) is 12.4 Å². The molecule has 0 aliphatic rings. The Morgan fingerprint density at radius 3 is 2.53 bits per heavy atom. The van der Waals surface area contributed by atoms with Crippen molar-refractivity contribution in [2.24, 2.45) is 11.7 Å². The second kappa shape index (κ2) is 8.03. The number of halogens is 1. The van der Waals surface area contributed by atoms with Crippen molar-refractivity contribution < 1.29 is 4.79 Å². The van der Waals surface area contributed by atoms with E-state index >= 15 is 0 Å². The average Bonchev–Trinajstić information content (AvgIpc) is 2.29. The molecule has 0 fully saturated rings. The summed E-state index contributed by atoms with van der Waals surface area (Å²) in [5.41, 5.74) is 6.88. The van der Waals surface area contributed by atoms with Crippen LogP contribution in [0.3, 0.4) is 0 Å². The smallest absolute Gasteiger partial charge is 0.237 e. The first-order chi connectivity index (χ1) is 7.61. The molecule has 1 aromatic rings. The van der Waals surface area contributed by atoms with Crippen molar-refractivity contribution in [3.05, 3.63) is 30.1 Å². The summed E-state index contributed by atoms with van der Waals surface area (Å²) in [7, 11) is 0. The zero-order chi connectivity index (χ0) is 12.0. The van der Waals surface area contributed by atoms with Gasteiger partial charge in [0, 0.05) is 18.9 Å². The van der Waals surface area contributed by atoms with Crippen molar-refractivity contribution in [1.82, 2.24) is 10.3 Å². The number of nitrogens with zero attached hydrogens (tertiary/aromatic N) is 1. The fraction of sp³-hybridized carbons (Fsp3) is 0.500. The topological polar surface area (TPSA) is 68.0 Å². The van der Waals surface area contributed by atoms with Gasteiger partial charge in [-0.3, -0.25) is 9.78 Å². The van der Waals surface area contributed by atoms with Crippen molar-refractivity contribution in [2.45, 2.75) is 26.3 Å². The number of carbonyl (C=O) groups excluding carboxylic acids is 1. The molecule has 0 radical (unpaired) electrons. The molecule has 0 unspecified atom stereocenters. The number of rotatable bonds is 5. The van der Waals surface area contributed by atoms with Gasteiger partial charge in [0.1, 0.15) is 0 Å². The van der Waals surface area contributed by atoms with Crippen LogP contribution >= 0.6 is 12.4 Å². The van der Waals surface area contributed by atoms with Crippen LogP contribution in [0.5, 0.6) is 0 Å². The maximum atomic E-state index is 11.5. The summed E-state index contributed by atoms with van der Waals surface area (Å²) in [5, 5.41) is 2.83. The maximum Gasteiger partial charge on any atom is 0.237 e. The van der Waals surface area contributed by atoms with Crippen molar-refractivity contribution >= 4 is 18.3 Å². The second-order valence-corrected chi connectivity index (χ2v) is 4.17. The van der Waals surface area contributed by atoms with E-state index in [2.05, 4.69) is 10.3 Å². The predicted molar refractivity (Wildman–Crippen MR) is 71.0 cm³/mol. The number of amides is 1. The molecule has 0 spiro atoms. The molecule has 1 heterocycles. The van der Waals surface area contributed by atoms with Crippen LogP contribution in [0.25, 0.3) is 0 Å². The fourth-order valence-corrected chi connectivity index (χ4v) is 1.30. The second-order valence-electron chi connectivity index (χ2n) is 4.17. The maximum absolute atomic E-state index is 11.5. The highest BCUT2D eigenvalue weighted by atomic mass is 35.5. The summed E-state index contributed by atoms with van der Waals surface area (Å²) in [6, 6.07) is 3.46. The molecule has 0 aliphatic carbocycles. The molecule has 0 saturated carbocycles. The molecule has 4 nitrogen and oxygen atoms in total. The van der Waals surface area contributed by atoms with E-state index in [9.17, 15) is 4.79 Å². The Morgan fingerprint density at radius 1 is 1.41 bits per heavy atom. The molecule has 0 bridgehead atoms. The van der Waals surface area contributed by atoms with Gasteiger partial charge in [0.05, 0.1) is 6.04 Å². The van der Waals surface area contributed by atoms with Gasteiger partial charge in [-0.1, -0.05) is 13.8 Å². The Morgan fingerprint density at radius 2 is 2.00 bits per heavy atom. The lowest BCUT2D eigenvalue weighted by Gasteiger charge is -2.15. The Bertz CT molecular complexity index is 330. The highest BCUT2D eigenvalue weighted by molar-refractivity contribution is 5.85. The predicted octanol–water partition coefficient (Wildman–Crippen LogP) is 1.15. The van der Waals surface area contributed by atoms with Crippen LogP contribution in [0.2, 0.25) is 0 Å². The lowest BCUT2D eigenvalue weighted by Crippen LogP contribution is -2.44. The number of aromatic nitrogens is 1. The van der Waals surface area contributed by atoms with E-state index in [1.165, 1.54) is 0 Å². The van der Waals surface area contributed by atoms with Gasteiger partial charge >= 0.3 is 0 Å². The fourth-order valence-electron chi connectivity index (χ4n) is 1.30. The molecule has 17 heavy (non-hydrogen) atoms. The summed E-state index contributed by atoms with van der Waals surface area (Å²) < 4.78 is 0. The van der Waals surface area contributed by atoms with Gasteiger partial charge in [-0.2, -0.15) is 0 Å². The Balaban J connectivity index is 0.00000256. The first kappa shape index (κ1) is 15.9. The van der Waals surface area contributed by atoms with E-state index in [4.69, 9.17) is 5.73 Å². The van der Waals surface area contributed by atoms with Crippen molar-refractivity contribution in [3.63, 3.8) is 0 Å². The minimum Gasteiger partial charge on any atom is -0.354 e. The van der Waals surface area contributed by atoms with Crippen LogP contribution < -0.4 is 11.1 Å². The zero-order valence-electron chi connectivity index (χ0n) is 10.2. The third-order valence-electron chi connectivity index (χ3n) is 2.48. The van der Waals surface area contributed by atoms with Crippen LogP contribution in [-0.2, 0) is 11.2 Å². The van der Waals surface area contributed by atoms with Crippen LogP contribution in [0.1, 0.15) is 19.4 Å². The number of pyridine rings is 1. The molecule has 1 aromatic heterocycles. The van der Waals surface area contributed by atoms with Crippen LogP contribution in [0.4, 0.5) is 0 Å². The van der Waals surface area contributed by atoms with Gasteiger partial charge in [0.25, 0.3) is 0 Å². The molecule has 0 aromatic carbocycles. The molecule has 1 atom stereocenters. The lowest BCUT2D eigenvalue weighted by molar-refractivity contribution is -0.123. The molecule has 1 rings (SSSR count). The van der Waals surface area contributed by atoms with Crippen LogP contribution in [0, 0.1) is 5.92 Å². The van der Waals surface area contributed by atoms with E-state index in [1.807, 2.05) is 26.0 Å². The summed E-state index contributed by atoms with van der Waals surface area (Å²) in [6.07, 6.45) is 4.30. The summed E-state index contributed by atoms with van der Waals surface area (Å²) in [6.45, 7) is 4.49. The standard InChI is InChI=1S/C12H19N3O.ClH/c1-9(2)11(13)12(16)15-8-5-10-3-6-14-7-4-10;/h3-4,6-7,9,11H,5,8,13H2,1-2H3,(H,15,16);1H/t11-;/m0./s1. The first-order valence-electron chi connectivity index (χ1n) is 5.53. The van der Waals surface area contributed by atoms with Gasteiger partial charge in [0.2, 0.25) is 5.91 Å². The van der Waals surface area contributed by atoms with Gasteiger partial charge in [0.15, 0.2) is 0 Å². The molecule has 96 valence electrons. The molecule has 0 aliphatic heterocycles. The normalized spacial score (nSPS) is 11.8. The van der Waals surface area contributed by atoms with Gasteiger partial charge < -0.3 is 11.1 Å². The van der Waals surface area contributed by atoms with E-state index < -0.39 is 6.04 Å². The number of nitrogens with two attached hydrogens (primary N) is 1. The molecule has 1 amide bonds. The quantitative estimate of drug-likeness (QED) is 0.831. The SMILES string of the molecule is CC(C)[C@H](N)C(=O)NCCc1ccncc1.Cl. The summed E-state index contributed by atoms with van der Waals surface area (Å²) in [5.74, 6) is 0.0879. The molecular weight excluding hydrogens is 238 g/mol. The number of hydrogen-bond acceptors (Lipinski definition) is 3. The van der Waals surface area contributed by atoms with Crippen LogP contribution in [-0.4, -0.2) is 23.5 Å². The van der Waals surface area contributed by atoms with E-state index in [-0.39, 0.29) is 24.2 Å². The van der Waals surface area contributed by atoms with Crippen LogP contribution in [0.15, 0.2) is 24.5 Å². The summed E-state index contributed by atoms with van der Waals surface area (Å²) >= 11 is 0. The molecule has 5 heteroatoms. The van der Waals surface area contributed by atoms with Crippen molar-refractivity contribution in [3.8, 4) is 0 Å². The number of hydrogen-bond donors (Lipinski definition) is 2. The Kier molecular flexibility index (Phi) is 7.50. The van der Waals surface area contributed by atoms with Gasteiger partial charge in [-0.25, -0.2) is 0 Å². The Hall–Kier alpha value is -1.13. The minimum atomic E-state index is -0.419. The monoisotopic (exact) mass is 257 g/mol. The zero-order valence-corrected chi connectivity index (χ0v) is 11.0. The third kappa shape index (κ3) is 5.65. The third-order valence-corrected chi connectivity index (χ3v) is 2.48. The minimum absolute atomic E-state index is 0. The average molecular weight is 258 g/mol. The van der Waals surface area contributed by atoms with E-state index in [0.29, 0.717) is 6.54 Å². The van der Waals surface area contributed by atoms with E-state index in [1.54, 1.807) is 12.4 Å². The van der Waals surface area contributed by atoms with E-state index in [0.717, 1.165) is 12.0 Å². The molecule has 3 N–H and O–H groups in total. The van der Waals surface area contributed by atoms with Crippen molar-refractivity contribution in [2.75, 3.05) is 6.54 Å². The number of nitrogens with one attached hydrogen (secondary N) is 1. The van der Waals surface area contributed by atoms with Crippen molar-refractivity contribution in [1.29, 1.82) is 0 Å². The largest absolute Gasteiger partial charge is 0.354 e.